The molecule has 0 fully saturated rings. The van der Waals surface area contributed by atoms with Crippen molar-refractivity contribution in [3.05, 3.63) is 75.8 Å². The predicted octanol–water partition coefficient (Wildman–Crippen LogP) is 2.52. The number of carbonyl (C=O) groups excluding carboxylic acids is 1. The van der Waals surface area contributed by atoms with Crippen LogP contribution in [0.15, 0.2) is 54.6 Å². The molecule has 7 nitrogen and oxygen atoms in total. The molecule has 2 aromatic rings. The summed E-state index contributed by atoms with van der Waals surface area (Å²) in [5, 5.41) is 25.4. The number of benzene rings is 2. The van der Waals surface area contributed by atoms with Gasteiger partial charge in [-0.3, -0.25) is 10.1 Å². The molecule has 126 valence electrons. The van der Waals surface area contributed by atoms with Crippen molar-refractivity contribution in [3.63, 3.8) is 0 Å². The summed E-state index contributed by atoms with van der Waals surface area (Å²) in [6.45, 7) is 0.124. The van der Waals surface area contributed by atoms with Crippen molar-refractivity contribution in [1.82, 2.24) is 10.6 Å². The number of nitro benzene ring substituents is 1. The second-order valence-electron chi connectivity index (χ2n) is 5.23. The Kier molecular flexibility index (Phi) is 6.27. The summed E-state index contributed by atoms with van der Waals surface area (Å²) in [5.41, 5.74) is 1.52. The highest BCUT2D eigenvalue weighted by Crippen LogP contribution is 2.16. The average molecular weight is 329 g/mol. The number of nitrogens with zero attached hydrogens (tertiary/aromatic N) is 1. The van der Waals surface area contributed by atoms with Gasteiger partial charge in [0, 0.05) is 25.3 Å². The van der Waals surface area contributed by atoms with E-state index in [2.05, 4.69) is 10.6 Å². The van der Waals surface area contributed by atoms with Gasteiger partial charge in [0.05, 0.1) is 11.0 Å². The first-order valence-electron chi connectivity index (χ1n) is 7.53. The van der Waals surface area contributed by atoms with E-state index in [1.807, 2.05) is 30.3 Å². The zero-order chi connectivity index (χ0) is 17.4. The van der Waals surface area contributed by atoms with Gasteiger partial charge in [0.15, 0.2) is 0 Å². The van der Waals surface area contributed by atoms with Gasteiger partial charge in [0.1, 0.15) is 0 Å². The lowest BCUT2D eigenvalue weighted by Gasteiger charge is -2.18. The van der Waals surface area contributed by atoms with Gasteiger partial charge in [-0.05, 0) is 17.5 Å². The van der Waals surface area contributed by atoms with Gasteiger partial charge in [-0.2, -0.15) is 0 Å². The Morgan fingerprint density at radius 2 is 1.92 bits per heavy atom. The summed E-state index contributed by atoms with van der Waals surface area (Å²) in [5.74, 6) is 0. The quantitative estimate of drug-likeness (QED) is 0.536. The Morgan fingerprint density at radius 1 is 1.17 bits per heavy atom. The third-order valence-corrected chi connectivity index (χ3v) is 3.50. The molecule has 3 N–H and O–H groups in total. The SMILES string of the molecule is O=C(NCc1cccc([N+](=O)[O-])c1)N[C@H](CCO)c1ccccc1. The molecule has 0 saturated carbocycles. The topological polar surface area (TPSA) is 104 Å². The molecule has 0 saturated heterocycles. The molecule has 7 heteroatoms. The molecule has 24 heavy (non-hydrogen) atoms. The summed E-state index contributed by atoms with van der Waals surface area (Å²) in [7, 11) is 0. The number of carbonyl (C=O) groups is 1. The van der Waals surface area contributed by atoms with E-state index in [0.717, 1.165) is 5.56 Å². The summed E-state index contributed by atoms with van der Waals surface area (Å²) < 4.78 is 0. The summed E-state index contributed by atoms with van der Waals surface area (Å²) in [4.78, 5) is 22.3. The van der Waals surface area contributed by atoms with Crippen LogP contribution in [0, 0.1) is 10.1 Å². The van der Waals surface area contributed by atoms with Crippen LogP contribution < -0.4 is 10.6 Å². The Bertz CT molecular complexity index is 691. The van der Waals surface area contributed by atoms with Crippen LogP contribution in [0.5, 0.6) is 0 Å². The zero-order valence-corrected chi connectivity index (χ0v) is 13.0. The van der Waals surface area contributed by atoms with Gasteiger partial charge in [0.2, 0.25) is 0 Å². The molecular formula is C17H19N3O4. The fourth-order valence-electron chi connectivity index (χ4n) is 2.31. The van der Waals surface area contributed by atoms with Gasteiger partial charge in [-0.15, -0.1) is 0 Å². The van der Waals surface area contributed by atoms with Crippen LogP contribution in [0.3, 0.4) is 0 Å². The number of aliphatic hydroxyl groups excluding tert-OH is 1. The van der Waals surface area contributed by atoms with Crippen LogP contribution >= 0.6 is 0 Å². The number of non-ortho nitro benzene ring substituents is 1. The molecule has 0 bridgehead atoms. The molecule has 0 aliphatic carbocycles. The summed E-state index contributed by atoms with van der Waals surface area (Å²) in [6.07, 6.45) is 0.397. The highest BCUT2D eigenvalue weighted by molar-refractivity contribution is 5.74. The molecule has 0 aromatic heterocycles. The Hall–Kier alpha value is -2.93. The van der Waals surface area contributed by atoms with Crippen molar-refractivity contribution in [2.24, 2.45) is 0 Å². The first-order chi connectivity index (χ1) is 11.6. The van der Waals surface area contributed by atoms with E-state index in [0.29, 0.717) is 12.0 Å². The van der Waals surface area contributed by atoms with Crippen LogP contribution in [0.4, 0.5) is 10.5 Å². The number of amides is 2. The zero-order valence-electron chi connectivity index (χ0n) is 13.0. The molecular weight excluding hydrogens is 310 g/mol. The molecule has 0 aliphatic rings. The fourth-order valence-corrected chi connectivity index (χ4v) is 2.31. The van der Waals surface area contributed by atoms with E-state index in [1.54, 1.807) is 12.1 Å². The maximum Gasteiger partial charge on any atom is 0.315 e. The minimum absolute atomic E-state index is 0.0165. The maximum atomic E-state index is 12.1. The number of hydrogen-bond donors (Lipinski definition) is 3. The molecule has 0 radical (unpaired) electrons. The molecule has 0 heterocycles. The third-order valence-electron chi connectivity index (χ3n) is 3.50. The summed E-state index contributed by atoms with van der Waals surface area (Å²) in [6, 6.07) is 14.7. The molecule has 0 unspecified atom stereocenters. The van der Waals surface area contributed by atoms with Crippen molar-refractivity contribution < 1.29 is 14.8 Å². The predicted molar refractivity (Wildman–Crippen MR) is 89.4 cm³/mol. The number of rotatable bonds is 7. The van der Waals surface area contributed by atoms with E-state index in [9.17, 15) is 14.9 Å². The molecule has 2 aromatic carbocycles. The lowest BCUT2D eigenvalue weighted by molar-refractivity contribution is -0.384. The third kappa shape index (κ3) is 5.06. The Labute approximate surface area is 139 Å². The van der Waals surface area contributed by atoms with Gasteiger partial charge >= 0.3 is 6.03 Å². The lowest BCUT2D eigenvalue weighted by Crippen LogP contribution is -2.38. The maximum absolute atomic E-state index is 12.1. The molecule has 0 spiro atoms. The molecule has 0 aliphatic heterocycles. The largest absolute Gasteiger partial charge is 0.396 e. The number of nitrogens with one attached hydrogen (secondary N) is 2. The van der Waals surface area contributed by atoms with Gasteiger partial charge in [-0.25, -0.2) is 4.79 Å². The highest BCUT2D eigenvalue weighted by Gasteiger charge is 2.14. The average Bonchev–Trinajstić information content (AvgIpc) is 2.60. The molecule has 2 rings (SSSR count). The standard InChI is InChI=1S/C17H19N3O4/c21-10-9-16(14-6-2-1-3-7-14)19-17(22)18-12-13-5-4-8-15(11-13)20(23)24/h1-8,11,16,21H,9-10,12H2,(H2,18,19,22)/t16-/m1/s1. The summed E-state index contributed by atoms with van der Waals surface area (Å²) >= 11 is 0. The van der Waals surface area contributed by atoms with E-state index in [-0.39, 0.29) is 24.9 Å². The van der Waals surface area contributed by atoms with Crippen LogP contribution in [-0.2, 0) is 6.54 Å². The molecule has 2 amide bonds. The first kappa shape index (κ1) is 17.4. The monoisotopic (exact) mass is 329 g/mol. The van der Waals surface area contributed by atoms with Crippen LogP contribution in [0.1, 0.15) is 23.6 Å². The van der Waals surface area contributed by atoms with Crippen LogP contribution in [0.25, 0.3) is 0 Å². The normalized spacial score (nSPS) is 11.5. The fraction of sp³-hybridized carbons (Fsp3) is 0.235. The number of nitro groups is 1. The van der Waals surface area contributed by atoms with Crippen molar-refractivity contribution in [2.75, 3.05) is 6.61 Å². The van der Waals surface area contributed by atoms with Crippen molar-refractivity contribution >= 4 is 11.7 Å². The molecule has 1 atom stereocenters. The van der Waals surface area contributed by atoms with E-state index >= 15 is 0 Å². The highest BCUT2D eigenvalue weighted by atomic mass is 16.6. The lowest BCUT2D eigenvalue weighted by atomic mass is 10.0. The second-order valence-corrected chi connectivity index (χ2v) is 5.23. The number of aliphatic hydroxyl groups is 1. The number of hydrogen-bond acceptors (Lipinski definition) is 4. The minimum Gasteiger partial charge on any atom is -0.396 e. The van der Waals surface area contributed by atoms with E-state index in [1.165, 1.54) is 12.1 Å². The van der Waals surface area contributed by atoms with Gasteiger partial charge in [0.25, 0.3) is 5.69 Å². The number of urea groups is 1. The van der Waals surface area contributed by atoms with Gasteiger partial charge < -0.3 is 15.7 Å². The Balaban J connectivity index is 1.94. The van der Waals surface area contributed by atoms with E-state index in [4.69, 9.17) is 5.11 Å². The van der Waals surface area contributed by atoms with Crippen molar-refractivity contribution in [3.8, 4) is 0 Å². The first-order valence-corrected chi connectivity index (χ1v) is 7.53. The minimum atomic E-state index is -0.476. The van der Waals surface area contributed by atoms with Crippen molar-refractivity contribution in [2.45, 2.75) is 19.0 Å². The second kappa shape index (κ2) is 8.64. The van der Waals surface area contributed by atoms with Crippen LogP contribution in [-0.4, -0.2) is 22.7 Å². The Morgan fingerprint density at radius 3 is 2.58 bits per heavy atom. The van der Waals surface area contributed by atoms with Crippen molar-refractivity contribution in [1.29, 1.82) is 0 Å². The smallest absolute Gasteiger partial charge is 0.315 e. The van der Waals surface area contributed by atoms with Gasteiger partial charge in [-0.1, -0.05) is 42.5 Å². The van der Waals surface area contributed by atoms with Crippen LogP contribution in [0.2, 0.25) is 0 Å². The van der Waals surface area contributed by atoms with E-state index < -0.39 is 11.0 Å².